The molecular weight excluding hydrogens is 360 g/mol. The monoisotopic (exact) mass is 390 g/mol. The molecule has 3 rings (SSSR count). The molecule has 1 aromatic heterocycles. The minimum Gasteiger partial charge on any atom is -0.369 e. The molecule has 2 aliphatic rings. The van der Waals surface area contributed by atoms with E-state index < -0.39 is 5.54 Å². The van der Waals surface area contributed by atoms with Gasteiger partial charge in [0.2, 0.25) is 5.91 Å². The second kappa shape index (κ2) is 8.00. The van der Waals surface area contributed by atoms with Crippen LogP contribution in [0.2, 0.25) is 0 Å². The number of hydrogen-bond donors (Lipinski definition) is 1. The van der Waals surface area contributed by atoms with Crippen molar-refractivity contribution in [3.63, 3.8) is 0 Å². The predicted molar refractivity (Wildman–Crippen MR) is 109 cm³/mol. The molecule has 148 valence electrons. The fraction of sp³-hybridized carbons (Fsp3) is 0.650. The number of piperidine rings is 1. The van der Waals surface area contributed by atoms with Gasteiger partial charge < -0.3 is 10.6 Å². The Labute approximate surface area is 165 Å². The van der Waals surface area contributed by atoms with Gasteiger partial charge in [0, 0.05) is 24.5 Å². The van der Waals surface area contributed by atoms with Crippen molar-refractivity contribution in [2.45, 2.75) is 52.0 Å². The first-order valence-electron chi connectivity index (χ1n) is 9.76. The number of rotatable bonds is 6. The van der Waals surface area contributed by atoms with Crippen LogP contribution >= 0.6 is 11.3 Å². The molecule has 0 saturated carbocycles. The molecule has 1 fully saturated rings. The predicted octanol–water partition coefficient (Wildman–Crippen LogP) is 2.49. The number of amides is 2. The number of likely N-dealkylation sites (tertiary alicyclic amines) is 1. The van der Waals surface area contributed by atoms with Crippen LogP contribution in [0.5, 0.6) is 0 Å². The molecule has 2 aliphatic heterocycles. The smallest absolute Gasteiger partial charge is 0.257 e. The van der Waals surface area contributed by atoms with Gasteiger partial charge in [-0.3, -0.25) is 14.5 Å². The summed E-state index contributed by atoms with van der Waals surface area (Å²) in [5.41, 5.74) is 5.35. The van der Waals surface area contributed by atoms with Crippen molar-refractivity contribution in [2.75, 3.05) is 19.6 Å². The normalized spacial score (nSPS) is 24.0. The summed E-state index contributed by atoms with van der Waals surface area (Å²) in [6.07, 6.45) is 2.99. The first-order chi connectivity index (χ1) is 12.8. The molecule has 1 saturated heterocycles. The number of carbonyl (C=O) groups excluding carboxylic acids is 2. The molecule has 1 atom stereocenters. The third kappa shape index (κ3) is 4.51. The molecule has 2 amide bonds. The second-order valence-electron chi connectivity index (χ2n) is 8.34. The Kier molecular flexibility index (Phi) is 5.89. The van der Waals surface area contributed by atoms with Crippen LogP contribution in [0.4, 0.5) is 0 Å². The summed E-state index contributed by atoms with van der Waals surface area (Å²) >= 11 is 1.62. The lowest BCUT2D eigenvalue weighted by atomic mass is 9.90. The van der Waals surface area contributed by atoms with Crippen molar-refractivity contribution in [3.05, 3.63) is 22.4 Å². The first kappa shape index (κ1) is 19.9. The van der Waals surface area contributed by atoms with Gasteiger partial charge in [0.1, 0.15) is 5.54 Å². The van der Waals surface area contributed by atoms with Gasteiger partial charge in [-0.15, -0.1) is 11.3 Å². The summed E-state index contributed by atoms with van der Waals surface area (Å²) in [7, 11) is 0. The van der Waals surface area contributed by atoms with Crippen LogP contribution in [0.15, 0.2) is 22.5 Å². The standard InChI is InChI=1S/C20H30N4O2S/c1-14(2)12-20(3)18(26)24(19(21)22-20)13-15-6-8-23(9-7-15)17(25)11-16-5-4-10-27-16/h4-5,10,14-15H,6-9,11-13H2,1-3H3,(H2,21,22). The average Bonchev–Trinajstić information content (AvgIpc) is 3.17. The Morgan fingerprint density at radius 1 is 1.41 bits per heavy atom. The lowest BCUT2D eigenvalue weighted by Crippen LogP contribution is -2.48. The third-order valence-corrected chi connectivity index (χ3v) is 6.34. The molecule has 2 N–H and O–H groups in total. The summed E-state index contributed by atoms with van der Waals surface area (Å²) in [5.74, 6) is 1.30. The maximum Gasteiger partial charge on any atom is 0.257 e. The molecule has 0 aromatic carbocycles. The summed E-state index contributed by atoms with van der Waals surface area (Å²) in [6.45, 7) is 8.17. The van der Waals surface area contributed by atoms with E-state index in [4.69, 9.17) is 5.73 Å². The highest BCUT2D eigenvalue weighted by Gasteiger charge is 2.44. The Balaban J connectivity index is 1.51. The van der Waals surface area contributed by atoms with E-state index in [1.807, 2.05) is 29.3 Å². The quantitative estimate of drug-likeness (QED) is 0.810. The second-order valence-corrected chi connectivity index (χ2v) is 9.37. The van der Waals surface area contributed by atoms with Gasteiger partial charge in [-0.2, -0.15) is 0 Å². The zero-order valence-corrected chi connectivity index (χ0v) is 17.3. The van der Waals surface area contributed by atoms with Gasteiger partial charge in [0.15, 0.2) is 5.96 Å². The van der Waals surface area contributed by atoms with Crippen molar-refractivity contribution < 1.29 is 9.59 Å². The minimum absolute atomic E-state index is 0.0184. The van der Waals surface area contributed by atoms with Crippen LogP contribution in [0, 0.1) is 11.8 Å². The number of carbonyl (C=O) groups is 2. The Morgan fingerprint density at radius 3 is 2.70 bits per heavy atom. The molecule has 3 heterocycles. The van der Waals surface area contributed by atoms with Crippen LogP contribution in [-0.4, -0.2) is 52.7 Å². The van der Waals surface area contributed by atoms with Crippen molar-refractivity contribution >= 4 is 29.1 Å². The summed E-state index contributed by atoms with van der Waals surface area (Å²) < 4.78 is 0. The van der Waals surface area contributed by atoms with Crippen molar-refractivity contribution in [2.24, 2.45) is 22.6 Å². The van der Waals surface area contributed by atoms with Crippen LogP contribution in [0.1, 0.15) is 44.9 Å². The van der Waals surface area contributed by atoms with E-state index in [1.165, 1.54) is 0 Å². The zero-order valence-electron chi connectivity index (χ0n) is 16.5. The third-order valence-electron chi connectivity index (χ3n) is 5.46. The lowest BCUT2D eigenvalue weighted by Gasteiger charge is -2.34. The van der Waals surface area contributed by atoms with E-state index in [9.17, 15) is 9.59 Å². The SMILES string of the molecule is CC(C)CC1(C)N=C(N)N(CC2CCN(C(=O)Cc3cccs3)CC2)C1=O. The molecule has 6 nitrogen and oxygen atoms in total. The average molecular weight is 391 g/mol. The number of thiophene rings is 1. The van der Waals surface area contributed by atoms with Crippen molar-refractivity contribution in [1.29, 1.82) is 0 Å². The van der Waals surface area contributed by atoms with E-state index in [0.29, 0.717) is 37.2 Å². The van der Waals surface area contributed by atoms with Crippen LogP contribution < -0.4 is 5.73 Å². The molecule has 0 aliphatic carbocycles. The van der Waals surface area contributed by atoms with E-state index in [1.54, 1.807) is 16.2 Å². The molecule has 0 radical (unpaired) electrons. The highest BCUT2D eigenvalue weighted by molar-refractivity contribution is 7.10. The molecule has 0 spiro atoms. The molecule has 27 heavy (non-hydrogen) atoms. The number of nitrogens with two attached hydrogens (primary N) is 1. The molecule has 1 unspecified atom stereocenters. The number of hydrogen-bond acceptors (Lipinski definition) is 5. The highest BCUT2D eigenvalue weighted by atomic mass is 32.1. The number of aliphatic imine (C=N–C) groups is 1. The van der Waals surface area contributed by atoms with E-state index in [-0.39, 0.29) is 11.8 Å². The number of guanidine groups is 1. The summed E-state index contributed by atoms with van der Waals surface area (Å²) in [5, 5.41) is 2.00. The Morgan fingerprint density at radius 2 is 2.11 bits per heavy atom. The van der Waals surface area contributed by atoms with E-state index in [2.05, 4.69) is 18.8 Å². The number of nitrogens with zero attached hydrogens (tertiary/aromatic N) is 3. The first-order valence-corrected chi connectivity index (χ1v) is 10.6. The maximum atomic E-state index is 12.9. The largest absolute Gasteiger partial charge is 0.369 e. The zero-order chi connectivity index (χ0) is 19.6. The molecular formula is C20H30N4O2S. The minimum atomic E-state index is -0.727. The van der Waals surface area contributed by atoms with Crippen LogP contribution in [-0.2, 0) is 16.0 Å². The summed E-state index contributed by atoms with van der Waals surface area (Å²) in [4.78, 5) is 34.5. The fourth-order valence-electron chi connectivity index (χ4n) is 4.16. The summed E-state index contributed by atoms with van der Waals surface area (Å²) in [6, 6.07) is 3.98. The van der Waals surface area contributed by atoms with Crippen LogP contribution in [0.3, 0.4) is 0 Å². The van der Waals surface area contributed by atoms with Gasteiger partial charge in [0.25, 0.3) is 5.91 Å². The van der Waals surface area contributed by atoms with Gasteiger partial charge in [0.05, 0.1) is 6.42 Å². The highest BCUT2D eigenvalue weighted by Crippen LogP contribution is 2.30. The van der Waals surface area contributed by atoms with Gasteiger partial charge in [-0.25, -0.2) is 4.99 Å². The molecule has 7 heteroatoms. The van der Waals surface area contributed by atoms with Gasteiger partial charge in [-0.05, 0) is 49.5 Å². The van der Waals surface area contributed by atoms with E-state index in [0.717, 1.165) is 30.8 Å². The molecule has 0 bridgehead atoms. The Bertz CT molecular complexity index is 708. The fourth-order valence-corrected chi connectivity index (χ4v) is 4.85. The molecule has 1 aromatic rings. The Hall–Kier alpha value is -1.89. The topological polar surface area (TPSA) is 79.0 Å². The van der Waals surface area contributed by atoms with E-state index >= 15 is 0 Å². The van der Waals surface area contributed by atoms with Gasteiger partial charge >= 0.3 is 0 Å². The van der Waals surface area contributed by atoms with Crippen molar-refractivity contribution in [1.82, 2.24) is 9.80 Å². The lowest BCUT2D eigenvalue weighted by molar-refractivity contribution is -0.134. The maximum absolute atomic E-state index is 12.9. The van der Waals surface area contributed by atoms with Gasteiger partial charge in [-0.1, -0.05) is 19.9 Å². The van der Waals surface area contributed by atoms with Crippen molar-refractivity contribution in [3.8, 4) is 0 Å². The van der Waals surface area contributed by atoms with Crippen LogP contribution in [0.25, 0.3) is 0 Å².